The van der Waals surface area contributed by atoms with Crippen molar-refractivity contribution in [1.29, 1.82) is 0 Å². The Hall–Kier alpha value is -3.08. The Bertz CT molecular complexity index is 802. The van der Waals surface area contributed by atoms with Crippen molar-refractivity contribution in [2.45, 2.75) is 26.4 Å². The lowest BCUT2D eigenvalue weighted by Gasteiger charge is -2.19. The number of carbonyl (C=O) groups is 2. The highest BCUT2D eigenvalue weighted by molar-refractivity contribution is 5.85. The third kappa shape index (κ3) is 5.77. The number of methoxy groups -OCH3 is 1. The minimum absolute atomic E-state index is 0.485. The predicted octanol–water partition coefficient (Wildman–Crippen LogP) is 5.03. The Morgan fingerprint density at radius 1 is 1.00 bits per heavy atom. The first-order chi connectivity index (χ1) is 12.3. The molecule has 0 aliphatic carbocycles. The van der Waals surface area contributed by atoms with Crippen LogP contribution in [-0.2, 0) is 4.74 Å². The van der Waals surface area contributed by atoms with E-state index in [0.717, 1.165) is 17.4 Å². The van der Waals surface area contributed by atoms with Crippen LogP contribution in [-0.4, -0.2) is 25.1 Å². The van der Waals surface area contributed by atoms with Crippen LogP contribution in [0.5, 0.6) is 5.75 Å². The molecule has 0 fully saturated rings. The zero-order valence-corrected chi connectivity index (χ0v) is 15.4. The van der Waals surface area contributed by atoms with Gasteiger partial charge in [0, 0.05) is 16.8 Å². The molecule has 2 aromatic carbocycles. The van der Waals surface area contributed by atoms with Gasteiger partial charge in [0.15, 0.2) is 0 Å². The van der Waals surface area contributed by atoms with Gasteiger partial charge in [-0.2, -0.15) is 0 Å². The maximum Gasteiger partial charge on any atom is 0.412 e. The van der Waals surface area contributed by atoms with Crippen molar-refractivity contribution in [3.05, 3.63) is 59.2 Å². The van der Waals surface area contributed by atoms with Gasteiger partial charge in [0.1, 0.15) is 17.6 Å². The van der Waals surface area contributed by atoms with E-state index in [1.165, 1.54) is 0 Å². The molecule has 1 amide bonds. The Morgan fingerprint density at radius 3 is 2.23 bits per heavy atom. The molecule has 0 aliphatic heterocycles. The standard InChI is InChI=1S/C21H23NO4/c1-21(2,3)26-20(24)22-18-11-7-15(8-12-18)5-9-17-10-6-16(14-23)13-19(17)25-4/h5-14H,1-4H3,(H,22,24)/b9-5+. The molecule has 0 saturated heterocycles. The largest absolute Gasteiger partial charge is 0.496 e. The Kier molecular flexibility index (Phi) is 6.17. The summed E-state index contributed by atoms with van der Waals surface area (Å²) < 4.78 is 10.5. The zero-order valence-electron chi connectivity index (χ0n) is 15.4. The van der Waals surface area contributed by atoms with E-state index in [2.05, 4.69) is 5.32 Å². The summed E-state index contributed by atoms with van der Waals surface area (Å²) in [5, 5.41) is 2.69. The number of amides is 1. The van der Waals surface area contributed by atoms with Gasteiger partial charge in [-0.1, -0.05) is 36.4 Å². The Labute approximate surface area is 153 Å². The molecule has 0 aliphatic rings. The molecule has 0 heterocycles. The van der Waals surface area contributed by atoms with Crippen LogP contribution in [0.25, 0.3) is 12.2 Å². The minimum Gasteiger partial charge on any atom is -0.496 e. The van der Waals surface area contributed by atoms with E-state index in [1.54, 1.807) is 31.4 Å². The second kappa shape index (κ2) is 8.34. The summed E-state index contributed by atoms with van der Waals surface area (Å²) in [4.78, 5) is 22.6. The monoisotopic (exact) mass is 353 g/mol. The van der Waals surface area contributed by atoms with Gasteiger partial charge in [0.25, 0.3) is 0 Å². The van der Waals surface area contributed by atoms with Crippen LogP contribution >= 0.6 is 0 Å². The molecule has 0 aromatic heterocycles. The SMILES string of the molecule is COc1cc(C=O)ccc1/C=C/c1ccc(NC(=O)OC(C)(C)C)cc1. The minimum atomic E-state index is -0.536. The summed E-state index contributed by atoms with van der Waals surface area (Å²) in [6.45, 7) is 5.45. The van der Waals surface area contributed by atoms with Gasteiger partial charge < -0.3 is 9.47 Å². The lowest BCUT2D eigenvalue weighted by atomic mass is 10.1. The number of anilines is 1. The van der Waals surface area contributed by atoms with Crippen molar-refractivity contribution in [3.8, 4) is 5.75 Å². The normalized spacial score (nSPS) is 11.2. The first kappa shape index (κ1) is 19.2. The van der Waals surface area contributed by atoms with E-state index in [1.807, 2.05) is 51.1 Å². The molecule has 1 N–H and O–H groups in total. The molecule has 2 rings (SSSR count). The molecule has 26 heavy (non-hydrogen) atoms. The fourth-order valence-electron chi connectivity index (χ4n) is 2.22. The first-order valence-corrected chi connectivity index (χ1v) is 8.22. The van der Waals surface area contributed by atoms with E-state index in [-0.39, 0.29) is 0 Å². The number of carbonyl (C=O) groups excluding carboxylic acids is 2. The van der Waals surface area contributed by atoms with Gasteiger partial charge >= 0.3 is 6.09 Å². The molecule has 0 radical (unpaired) electrons. The summed E-state index contributed by atoms with van der Waals surface area (Å²) in [5.41, 5.74) is 2.52. The van der Waals surface area contributed by atoms with Crippen LogP contribution in [0.1, 0.15) is 42.3 Å². The molecule has 5 nitrogen and oxygen atoms in total. The topological polar surface area (TPSA) is 64.6 Å². The summed E-state index contributed by atoms with van der Waals surface area (Å²) in [7, 11) is 1.57. The average Bonchev–Trinajstić information content (AvgIpc) is 2.59. The predicted molar refractivity (Wildman–Crippen MR) is 104 cm³/mol. The molecule has 0 unspecified atom stereocenters. The second-order valence-electron chi connectivity index (χ2n) is 6.70. The maximum atomic E-state index is 11.8. The van der Waals surface area contributed by atoms with Crippen molar-refractivity contribution in [1.82, 2.24) is 0 Å². The molecule has 0 bridgehead atoms. The number of benzene rings is 2. The number of aldehydes is 1. The lowest BCUT2D eigenvalue weighted by molar-refractivity contribution is 0.0636. The van der Waals surface area contributed by atoms with E-state index in [4.69, 9.17) is 9.47 Å². The van der Waals surface area contributed by atoms with Crippen LogP contribution in [0.15, 0.2) is 42.5 Å². The second-order valence-corrected chi connectivity index (χ2v) is 6.70. The highest BCUT2D eigenvalue weighted by Crippen LogP contribution is 2.22. The molecule has 0 saturated carbocycles. The summed E-state index contributed by atoms with van der Waals surface area (Å²) in [5.74, 6) is 0.633. The third-order valence-electron chi connectivity index (χ3n) is 3.40. The molecular formula is C21H23NO4. The van der Waals surface area contributed by atoms with Crippen molar-refractivity contribution < 1.29 is 19.1 Å². The number of nitrogens with one attached hydrogen (secondary N) is 1. The van der Waals surface area contributed by atoms with E-state index in [9.17, 15) is 9.59 Å². The van der Waals surface area contributed by atoms with Crippen LogP contribution in [0.4, 0.5) is 10.5 Å². The van der Waals surface area contributed by atoms with Crippen molar-refractivity contribution in [2.24, 2.45) is 0 Å². The van der Waals surface area contributed by atoms with E-state index >= 15 is 0 Å². The quantitative estimate of drug-likeness (QED) is 0.605. The summed E-state index contributed by atoms with van der Waals surface area (Å²) in [6, 6.07) is 12.6. The van der Waals surface area contributed by atoms with Gasteiger partial charge in [-0.25, -0.2) is 4.79 Å². The van der Waals surface area contributed by atoms with Crippen LogP contribution < -0.4 is 10.1 Å². The first-order valence-electron chi connectivity index (χ1n) is 8.22. The fraction of sp³-hybridized carbons (Fsp3) is 0.238. The molecule has 0 atom stereocenters. The number of ether oxygens (including phenoxy) is 2. The lowest BCUT2D eigenvalue weighted by Crippen LogP contribution is -2.27. The zero-order chi connectivity index (χ0) is 19.2. The van der Waals surface area contributed by atoms with E-state index < -0.39 is 11.7 Å². The summed E-state index contributed by atoms with van der Waals surface area (Å²) in [6.07, 6.45) is 4.13. The third-order valence-corrected chi connectivity index (χ3v) is 3.40. The molecule has 0 spiro atoms. The van der Waals surface area contributed by atoms with Gasteiger partial charge in [0.2, 0.25) is 0 Å². The van der Waals surface area contributed by atoms with Crippen LogP contribution in [0.2, 0.25) is 0 Å². The average molecular weight is 353 g/mol. The van der Waals surface area contributed by atoms with Gasteiger partial charge in [-0.3, -0.25) is 10.1 Å². The van der Waals surface area contributed by atoms with Gasteiger partial charge in [0.05, 0.1) is 7.11 Å². The van der Waals surface area contributed by atoms with Crippen molar-refractivity contribution in [3.63, 3.8) is 0 Å². The highest BCUT2D eigenvalue weighted by Gasteiger charge is 2.15. The number of rotatable bonds is 5. The van der Waals surface area contributed by atoms with Crippen LogP contribution in [0, 0.1) is 0 Å². The number of hydrogen-bond donors (Lipinski definition) is 1. The van der Waals surface area contributed by atoms with Gasteiger partial charge in [-0.05, 0) is 44.5 Å². The smallest absolute Gasteiger partial charge is 0.412 e. The Balaban J connectivity index is 2.06. The molecule has 5 heteroatoms. The molecule has 2 aromatic rings. The van der Waals surface area contributed by atoms with Crippen molar-refractivity contribution in [2.75, 3.05) is 12.4 Å². The Morgan fingerprint density at radius 2 is 1.65 bits per heavy atom. The van der Waals surface area contributed by atoms with Crippen LogP contribution in [0.3, 0.4) is 0 Å². The highest BCUT2D eigenvalue weighted by atomic mass is 16.6. The summed E-state index contributed by atoms with van der Waals surface area (Å²) >= 11 is 0. The maximum absolute atomic E-state index is 11.8. The fourth-order valence-corrected chi connectivity index (χ4v) is 2.22. The molecular weight excluding hydrogens is 330 g/mol. The molecule has 136 valence electrons. The number of hydrogen-bond acceptors (Lipinski definition) is 4. The van der Waals surface area contributed by atoms with E-state index in [0.29, 0.717) is 17.0 Å². The van der Waals surface area contributed by atoms with Gasteiger partial charge in [-0.15, -0.1) is 0 Å². The van der Waals surface area contributed by atoms with Crippen molar-refractivity contribution >= 4 is 30.2 Å².